The van der Waals surface area contributed by atoms with Gasteiger partial charge < -0.3 is 9.42 Å². The first-order valence-corrected chi connectivity index (χ1v) is 7.14. The van der Waals surface area contributed by atoms with Crippen LogP contribution in [0.5, 0.6) is 0 Å². The highest BCUT2D eigenvalue weighted by Gasteiger charge is 2.34. The molecule has 0 spiro atoms. The van der Waals surface area contributed by atoms with E-state index < -0.39 is 11.7 Å². The molecule has 1 aliphatic heterocycles. The Kier molecular flexibility index (Phi) is 3.68. The van der Waals surface area contributed by atoms with E-state index in [0.29, 0.717) is 12.3 Å². The zero-order valence-electron chi connectivity index (χ0n) is 11.5. The van der Waals surface area contributed by atoms with E-state index in [4.69, 9.17) is 16.1 Å². The van der Waals surface area contributed by atoms with E-state index >= 15 is 0 Å². The second-order valence-corrected chi connectivity index (χ2v) is 5.53. The van der Waals surface area contributed by atoms with Crippen molar-refractivity contribution in [2.45, 2.75) is 25.8 Å². The van der Waals surface area contributed by atoms with Crippen LogP contribution in [0.1, 0.15) is 40.7 Å². The minimum Gasteiger partial charge on any atom is -0.359 e. The lowest BCUT2D eigenvalue weighted by Gasteiger charge is -2.23. The number of benzene rings is 1. The zero-order valence-corrected chi connectivity index (χ0v) is 12.2. The Morgan fingerprint density at radius 3 is 3.00 bits per heavy atom. The summed E-state index contributed by atoms with van der Waals surface area (Å²) >= 11 is 5.98. The van der Waals surface area contributed by atoms with Gasteiger partial charge in [-0.05, 0) is 31.9 Å². The number of likely N-dealkylation sites (tertiary alicyclic amines) is 1. The monoisotopic (exact) mass is 308 g/mol. The number of hydrogen-bond donors (Lipinski definition) is 0. The Hall–Kier alpha value is -1.88. The van der Waals surface area contributed by atoms with E-state index in [1.807, 2.05) is 6.92 Å². The summed E-state index contributed by atoms with van der Waals surface area (Å²) in [6, 6.07) is 5.83. The number of rotatable bonds is 2. The third-order valence-corrected chi connectivity index (χ3v) is 3.98. The molecule has 1 saturated heterocycles. The van der Waals surface area contributed by atoms with Crippen molar-refractivity contribution in [3.63, 3.8) is 0 Å². The van der Waals surface area contributed by atoms with Gasteiger partial charge in [0.25, 0.3) is 5.91 Å². The summed E-state index contributed by atoms with van der Waals surface area (Å²) in [5.74, 6) is -0.382. The summed E-state index contributed by atoms with van der Waals surface area (Å²) in [4.78, 5) is 14.2. The Bertz CT molecular complexity index is 666. The lowest BCUT2D eigenvalue weighted by Crippen LogP contribution is -2.31. The molecule has 0 aliphatic carbocycles. The van der Waals surface area contributed by atoms with Gasteiger partial charge in [-0.3, -0.25) is 4.79 Å². The molecular formula is C15H14ClFN2O2. The van der Waals surface area contributed by atoms with Crippen LogP contribution < -0.4 is 0 Å². The molecule has 0 N–H and O–H groups in total. The first-order valence-electron chi connectivity index (χ1n) is 6.76. The number of aromatic nitrogens is 1. The van der Waals surface area contributed by atoms with Gasteiger partial charge in [0, 0.05) is 12.6 Å². The van der Waals surface area contributed by atoms with Crippen LogP contribution in [0.3, 0.4) is 0 Å². The molecule has 1 aliphatic rings. The summed E-state index contributed by atoms with van der Waals surface area (Å²) in [5.41, 5.74) is 0.676. The number of hydrogen-bond acceptors (Lipinski definition) is 3. The highest BCUT2D eigenvalue weighted by molar-refractivity contribution is 6.33. The first-order chi connectivity index (χ1) is 10.1. The lowest BCUT2D eigenvalue weighted by atomic mass is 10.1. The molecule has 110 valence electrons. The average Bonchev–Trinajstić information content (AvgIpc) is 3.06. The fourth-order valence-corrected chi connectivity index (χ4v) is 2.94. The largest absolute Gasteiger partial charge is 0.359 e. The topological polar surface area (TPSA) is 46.3 Å². The maximum absolute atomic E-state index is 13.9. The Labute approximate surface area is 126 Å². The fourth-order valence-electron chi connectivity index (χ4n) is 2.69. The molecular weight excluding hydrogens is 295 g/mol. The summed E-state index contributed by atoms with van der Waals surface area (Å²) in [6.45, 7) is 2.37. The molecule has 1 aromatic carbocycles. The third-order valence-electron chi connectivity index (χ3n) is 3.66. The molecule has 21 heavy (non-hydrogen) atoms. The number of aryl methyl sites for hydroxylation is 1. The van der Waals surface area contributed by atoms with E-state index in [0.717, 1.165) is 18.5 Å². The third kappa shape index (κ3) is 2.53. The molecule has 4 nitrogen and oxygen atoms in total. The molecule has 2 aromatic rings. The van der Waals surface area contributed by atoms with Crippen LogP contribution in [0.15, 0.2) is 28.8 Å². The van der Waals surface area contributed by atoms with Crippen molar-refractivity contribution in [2.24, 2.45) is 0 Å². The SMILES string of the molecule is Cc1cc(C2CCCN2C(=O)c2c(F)cccc2Cl)on1. The number of halogens is 2. The summed E-state index contributed by atoms with van der Waals surface area (Å²) in [5, 5.41) is 3.97. The van der Waals surface area contributed by atoms with Gasteiger partial charge in [-0.2, -0.15) is 0 Å². The van der Waals surface area contributed by atoms with Crippen molar-refractivity contribution in [3.05, 3.63) is 52.1 Å². The van der Waals surface area contributed by atoms with Crippen LogP contribution in [0.4, 0.5) is 4.39 Å². The Balaban J connectivity index is 1.93. The minimum absolute atomic E-state index is 0.0812. The van der Waals surface area contributed by atoms with Gasteiger partial charge in [0.1, 0.15) is 5.82 Å². The molecule has 0 saturated carbocycles. The molecule has 1 aromatic heterocycles. The van der Waals surface area contributed by atoms with E-state index in [9.17, 15) is 9.18 Å². The van der Waals surface area contributed by atoms with E-state index in [-0.39, 0.29) is 16.6 Å². The first kappa shape index (κ1) is 14.1. The Morgan fingerprint density at radius 2 is 2.33 bits per heavy atom. The second kappa shape index (κ2) is 5.48. The van der Waals surface area contributed by atoms with Gasteiger partial charge in [0.2, 0.25) is 0 Å². The lowest BCUT2D eigenvalue weighted by molar-refractivity contribution is 0.0710. The molecule has 3 rings (SSSR count). The maximum atomic E-state index is 13.9. The van der Waals surface area contributed by atoms with Gasteiger partial charge in [-0.1, -0.05) is 22.8 Å². The standard InChI is InChI=1S/C15H14ClFN2O2/c1-9-8-13(21-18-9)12-6-3-7-19(12)15(20)14-10(16)4-2-5-11(14)17/h2,4-5,8,12H,3,6-7H2,1H3. The molecule has 1 atom stereocenters. The smallest absolute Gasteiger partial charge is 0.258 e. The zero-order chi connectivity index (χ0) is 15.0. The van der Waals surface area contributed by atoms with E-state index in [1.54, 1.807) is 11.0 Å². The number of carbonyl (C=O) groups is 1. The van der Waals surface area contributed by atoms with Crippen LogP contribution in [-0.2, 0) is 0 Å². The van der Waals surface area contributed by atoms with E-state index in [2.05, 4.69) is 5.16 Å². The van der Waals surface area contributed by atoms with Crippen LogP contribution >= 0.6 is 11.6 Å². The quantitative estimate of drug-likeness (QED) is 0.848. The van der Waals surface area contributed by atoms with E-state index in [1.165, 1.54) is 18.2 Å². The van der Waals surface area contributed by atoms with Gasteiger partial charge >= 0.3 is 0 Å². The average molecular weight is 309 g/mol. The number of amides is 1. The van der Waals surface area contributed by atoms with Crippen molar-refractivity contribution in [2.75, 3.05) is 6.54 Å². The highest BCUT2D eigenvalue weighted by Crippen LogP contribution is 2.34. The maximum Gasteiger partial charge on any atom is 0.258 e. The molecule has 2 heterocycles. The van der Waals surface area contributed by atoms with Crippen molar-refractivity contribution in [3.8, 4) is 0 Å². The van der Waals surface area contributed by atoms with Crippen LogP contribution in [0, 0.1) is 12.7 Å². The van der Waals surface area contributed by atoms with Crippen LogP contribution in [-0.4, -0.2) is 22.5 Å². The van der Waals surface area contributed by atoms with Crippen LogP contribution in [0.25, 0.3) is 0 Å². The fraction of sp³-hybridized carbons (Fsp3) is 0.333. The van der Waals surface area contributed by atoms with Gasteiger partial charge in [0.15, 0.2) is 5.76 Å². The Morgan fingerprint density at radius 1 is 1.52 bits per heavy atom. The molecule has 1 unspecified atom stereocenters. The number of nitrogens with zero attached hydrogens (tertiary/aromatic N) is 2. The molecule has 1 amide bonds. The highest BCUT2D eigenvalue weighted by atomic mass is 35.5. The predicted molar refractivity (Wildman–Crippen MR) is 75.7 cm³/mol. The van der Waals surface area contributed by atoms with Crippen molar-refractivity contribution in [1.29, 1.82) is 0 Å². The van der Waals surface area contributed by atoms with Gasteiger partial charge in [-0.25, -0.2) is 4.39 Å². The molecule has 0 radical (unpaired) electrons. The summed E-state index contributed by atoms with van der Waals surface area (Å²) in [6.07, 6.45) is 1.61. The predicted octanol–water partition coefficient (Wildman–Crippen LogP) is 3.75. The van der Waals surface area contributed by atoms with Crippen molar-refractivity contribution in [1.82, 2.24) is 10.1 Å². The van der Waals surface area contributed by atoms with Gasteiger partial charge in [0.05, 0.1) is 22.3 Å². The van der Waals surface area contributed by atoms with Gasteiger partial charge in [-0.15, -0.1) is 0 Å². The van der Waals surface area contributed by atoms with Crippen molar-refractivity contribution < 1.29 is 13.7 Å². The summed E-state index contributed by atoms with van der Waals surface area (Å²) < 4.78 is 19.2. The van der Waals surface area contributed by atoms with Crippen molar-refractivity contribution >= 4 is 17.5 Å². The minimum atomic E-state index is -0.605. The second-order valence-electron chi connectivity index (χ2n) is 5.12. The van der Waals surface area contributed by atoms with Crippen LogP contribution in [0.2, 0.25) is 5.02 Å². The summed E-state index contributed by atoms with van der Waals surface area (Å²) in [7, 11) is 0. The normalized spacial score (nSPS) is 18.2. The molecule has 1 fully saturated rings. The number of carbonyl (C=O) groups excluding carboxylic acids is 1. The molecule has 6 heteroatoms. The molecule has 0 bridgehead atoms.